The largest absolute Gasteiger partial charge is 0.380 e. The lowest BCUT2D eigenvalue weighted by molar-refractivity contribution is 0.0421. The molecule has 0 spiro atoms. The quantitative estimate of drug-likeness (QED) is 0.868. The van der Waals surface area contributed by atoms with E-state index in [0.717, 1.165) is 19.4 Å². The van der Waals surface area contributed by atoms with Crippen molar-refractivity contribution in [2.24, 2.45) is 0 Å². The molecule has 100 valence electrons. The minimum atomic E-state index is -0.168. The average Bonchev–Trinajstić information content (AvgIpc) is 2.41. The number of ether oxygens (including phenoxy) is 1. The highest BCUT2D eigenvalue weighted by molar-refractivity contribution is 5.16. The third kappa shape index (κ3) is 3.79. The van der Waals surface area contributed by atoms with E-state index in [4.69, 9.17) is 4.74 Å². The highest BCUT2D eigenvalue weighted by Gasteiger charge is 2.23. The SMILES string of the molecule is COC1CCCCC1NCCc1ccc(F)cc1. The van der Waals surface area contributed by atoms with Crippen molar-refractivity contribution in [1.82, 2.24) is 5.32 Å². The Balaban J connectivity index is 1.75. The smallest absolute Gasteiger partial charge is 0.123 e. The predicted octanol–water partition coefficient (Wildman–Crippen LogP) is 2.92. The Labute approximate surface area is 109 Å². The van der Waals surface area contributed by atoms with Gasteiger partial charge in [-0.1, -0.05) is 25.0 Å². The van der Waals surface area contributed by atoms with Gasteiger partial charge < -0.3 is 10.1 Å². The number of methoxy groups -OCH3 is 1. The predicted molar refractivity (Wildman–Crippen MR) is 71.2 cm³/mol. The van der Waals surface area contributed by atoms with E-state index in [1.165, 1.54) is 37.0 Å². The van der Waals surface area contributed by atoms with Crippen LogP contribution in [0.5, 0.6) is 0 Å². The van der Waals surface area contributed by atoms with Crippen molar-refractivity contribution in [3.8, 4) is 0 Å². The van der Waals surface area contributed by atoms with Crippen LogP contribution >= 0.6 is 0 Å². The summed E-state index contributed by atoms with van der Waals surface area (Å²) in [5.41, 5.74) is 1.17. The van der Waals surface area contributed by atoms with Gasteiger partial charge in [-0.05, 0) is 43.5 Å². The van der Waals surface area contributed by atoms with Gasteiger partial charge in [-0.3, -0.25) is 0 Å². The summed E-state index contributed by atoms with van der Waals surface area (Å²) in [7, 11) is 1.80. The highest BCUT2D eigenvalue weighted by Crippen LogP contribution is 2.20. The zero-order chi connectivity index (χ0) is 12.8. The molecular formula is C15H22FNO. The fraction of sp³-hybridized carbons (Fsp3) is 0.600. The zero-order valence-corrected chi connectivity index (χ0v) is 11.0. The molecule has 1 aromatic carbocycles. The van der Waals surface area contributed by atoms with E-state index >= 15 is 0 Å². The van der Waals surface area contributed by atoms with E-state index in [-0.39, 0.29) is 5.82 Å². The molecule has 2 nitrogen and oxygen atoms in total. The van der Waals surface area contributed by atoms with Gasteiger partial charge in [-0.15, -0.1) is 0 Å². The van der Waals surface area contributed by atoms with E-state index in [1.54, 1.807) is 7.11 Å². The summed E-state index contributed by atoms with van der Waals surface area (Å²) in [4.78, 5) is 0. The first kappa shape index (κ1) is 13.5. The van der Waals surface area contributed by atoms with E-state index < -0.39 is 0 Å². The van der Waals surface area contributed by atoms with Crippen molar-refractivity contribution in [3.63, 3.8) is 0 Å². The van der Waals surface area contributed by atoms with E-state index in [2.05, 4.69) is 5.32 Å². The summed E-state index contributed by atoms with van der Waals surface area (Å²) in [6.07, 6.45) is 6.20. The topological polar surface area (TPSA) is 21.3 Å². The summed E-state index contributed by atoms with van der Waals surface area (Å²) in [5, 5.41) is 3.57. The summed E-state index contributed by atoms with van der Waals surface area (Å²) in [6.45, 7) is 0.927. The maximum absolute atomic E-state index is 12.8. The van der Waals surface area contributed by atoms with E-state index in [1.807, 2.05) is 12.1 Å². The van der Waals surface area contributed by atoms with Gasteiger partial charge in [-0.25, -0.2) is 4.39 Å². The van der Waals surface area contributed by atoms with Gasteiger partial charge >= 0.3 is 0 Å². The second-order valence-corrected chi connectivity index (χ2v) is 5.00. The Morgan fingerprint density at radius 3 is 2.67 bits per heavy atom. The van der Waals surface area contributed by atoms with Gasteiger partial charge in [0.15, 0.2) is 0 Å². The standard InChI is InChI=1S/C15H22FNO/c1-18-15-5-3-2-4-14(15)17-11-10-12-6-8-13(16)9-7-12/h6-9,14-15,17H,2-5,10-11H2,1H3. The molecule has 0 aromatic heterocycles. The van der Waals surface area contributed by atoms with Crippen LogP contribution in [0.15, 0.2) is 24.3 Å². The highest BCUT2D eigenvalue weighted by atomic mass is 19.1. The van der Waals surface area contributed by atoms with Crippen LogP contribution in [0.25, 0.3) is 0 Å². The van der Waals surface area contributed by atoms with Crippen molar-refractivity contribution in [3.05, 3.63) is 35.6 Å². The van der Waals surface area contributed by atoms with E-state index in [0.29, 0.717) is 12.1 Å². The Hall–Kier alpha value is -0.930. The van der Waals surface area contributed by atoms with Gasteiger partial charge in [0, 0.05) is 13.2 Å². The molecule has 1 aromatic rings. The second kappa shape index (κ2) is 6.86. The summed E-state index contributed by atoms with van der Waals surface area (Å²) < 4.78 is 18.3. The van der Waals surface area contributed by atoms with Crippen LogP contribution in [0.1, 0.15) is 31.2 Å². The Morgan fingerprint density at radius 1 is 1.22 bits per heavy atom. The fourth-order valence-corrected chi connectivity index (χ4v) is 2.67. The molecule has 1 aliphatic carbocycles. The summed E-state index contributed by atoms with van der Waals surface area (Å²) in [6, 6.07) is 7.23. The van der Waals surface area contributed by atoms with Crippen LogP contribution in [-0.4, -0.2) is 25.8 Å². The summed E-state index contributed by atoms with van der Waals surface area (Å²) in [5.74, 6) is -0.168. The molecule has 2 rings (SSSR count). The van der Waals surface area contributed by atoms with Crippen LogP contribution in [0.2, 0.25) is 0 Å². The molecule has 1 N–H and O–H groups in total. The molecule has 0 amide bonds. The molecule has 0 radical (unpaired) electrons. The van der Waals surface area contributed by atoms with Crippen LogP contribution in [0.3, 0.4) is 0 Å². The normalized spacial score (nSPS) is 24.1. The number of hydrogen-bond acceptors (Lipinski definition) is 2. The number of hydrogen-bond donors (Lipinski definition) is 1. The monoisotopic (exact) mass is 251 g/mol. The lowest BCUT2D eigenvalue weighted by Crippen LogP contribution is -2.43. The number of benzene rings is 1. The molecule has 0 bridgehead atoms. The Morgan fingerprint density at radius 2 is 1.94 bits per heavy atom. The zero-order valence-electron chi connectivity index (χ0n) is 11.0. The fourth-order valence-electron chi connectivity index (χ4n) is 2.67. The maximum atomic E-state index is 12.8. The number of nitrogens with one attached hydrogen (secondary N) is 1. The van der Waals surface area contributed by atoms with Crippen molar-refractivity contribution in [2.75, 3.05) is 13.7 Å². The average molecular weight is 251 g/mol. The molecule has 18 heavy (non-hydrogen) atoms. The molecule has 1 saturated carbocycles. The van der Waals surface area contributed by atoms with Crippen molar-refractivity contribution in [2.45, 2.75) is 44.2 Å². The van der Waals surface area contributed by atoms with Crippen LogP contribution in [0.4, 0.5) is 4.39 Å². The Bertz CT molecular complexity index is 352. The second-order valence-electron chi connectivity index (χ2n) is 5.00. The van der Waals surface area contributed by atoms with Gasteiger partial charge in [0.1, 0.15) is 5.82 Å². The molecule has 1 fully saturated rings. The first-order chi connectivity index (χ1) is 8.79. The molecule has 1 aliphatic rings. The lowest BCUT2D eigenvalue weighted by Gasteiger charge is -2.31. The number of rotatable bonds is 5. The van der Waals surface area contributed by atoms with Gasteiger partial charge in [0.05, 0.1) is 6.10 Å². The van der Waals surface area contributed by atoms with Crippen molar-refractivity contribution in [1.29, 1.82) is 0 Å². The molecule has 0 heterocycles. The molecule has 0 aliphatic heterocycles. The first-order valence-electron chi connectivity index (χ1n) is 6.80. The first-order valence-corrected chi connectivity index (χ1v) is 6.80. The molecule has 2 unspecified atom stereocenters. The van der Waals surface area contributed by atoms with Crippen LogP contribution in [0, 0.1) is 5.82 Å². The maximum Gasteiger partial charge on any atom is 0.123 e. The Kier molecular flexibility index (Phi) is 5.14. The van der Waals surface area contributed by atoms with Gasteiger partial charge in [0.25, 0.3) is 0 Å². The van der Waals surface area contributed by atoms with Crippen molar-refractivity contribution >= 4 is 0 Å². The molecule has 0 saturated heterocycles. The van der Waals surface area contributed by atoms with Crippen LogP contribution < -0.4 is 5.32 Å². The molecule has 2 atom stereocenters. The number of halogens is 1. The lowest BCUT2D eigenvalue weighted by atomic mass is 9.92. The summed E-state index contributed by atoms with van der Waals surface area (Å²) >= 11 is 0. The van der Waals surface area contributed by atoms with Gasteiger partial charge in [-0.2, -0.15) is 0 Å². The van der Waals surface area contributed by atoms with E-state index in [9.17, 15) is 4.39 Å². The molecule has 3 heteroatoms. The van der Waals surface area contributed by atoms with Crippen molar-refractivity contribution < 1.29 is 9.13 Å². The molecular weight excluding hydrogens is 229 g/mol. The van der Waals surface area contributed by atoms with Crippen LogP contribution in [-0.2, 0) is 11.2 Å². The minimum Gasteiger partial charge on any atom is -0.380 e. The third-order valence-electron chi connectivity index (χ3n) is 3.74. The van der Waals surface area contributed by atoms with Gasteiger partial charge in [0.2, 0.25) is 0 Å². The third-order valence-corrected chi connectivity index (χ3v) is 3.74. The minimum absolute atomic E-state index is 0.168.